The summed E-state index contributed by atoms with van der Waals surface area (Å²) in [4.78, 5) is 27.0. The summed E-state index contributed by atoms with van der Waals surface area (Å²) < 4.78 is 19.4. The van der Waals surface area contributed by atoms with Crippen molar-refractivity contribution >= 4 is 17.4 Å². The van der Waals surface area contributed by atoms with E-state index >= 15 is 0 Å². The van der Waals surface area contributed by atoms with Crippen molar-refractivity contribution in [2.24, 2.45) is 0 Å². The fraction of sp³-hybridized carbons (Fsp3) is 0.130. The molecule has 2 N–H and O–H groups in total. The number of hydrogen-bond acceptors (Lipinski definition) is 5. The minimum atomic E-state index is -0.930. The summed E-state index contributed by atoms with van der Waals surface area (Å²) in [7, 11) is 0. The number of hydrogen-bond donors (Lipinski definition) is 2. The maximum absolute atomic E-state index is 14.1. The molecule has 1 aromatic heterocycles. The summed E-state index contributed by atoms with van der Waals surface area (Å²) >= 11 is 0. The SMILES string of the molecule is Cc1ccc(C(O)=C2C(=O)C(=O)N(Cc3ccco3)C2c2ccc(O)cc2)cc1F. The number of phenolic OH excluding ortho intramolecular Hbond substituents is 1. The van der Waals surface area contributed by atoms with Crippen LogP contribution in [0.1, 0.15) is 28.5 Å². The number of aromatic hydroxyl groups is 1. The monoisotopic (exact) mass is 407 g/mol. The van der Waals surface area contributed by atoms with Crippen molar-refractivity contribution in [3.05, 3.63) is 94.7 Å². The van der Waals surface area contributed by atoms with Crippen LogP contribution in [-0.4, -0.2) is 26.8 Å². The highest BCUT2D eigenvalue weighted by molar-refractivity contribution is 6.46. The lowest BCUT2D eigenvalue weighted by atomic mass is 9.95. The van der Waals surface area contributed by atoms with Crippen LogP contribution in [0, 0.1) is 12.7 Å². The number of rotatable bonds is 4. The molecule has 6 nitrogen and oxygen atoms in total. The molecule has 0 bridgehead atoms. The molecule has 30 heavy (non-hydrogen) atoms. The largest absolute Gasteiger partial charge is 0.508 e. The van der Waals surface area contributed by atoms with E-state index in [1.54, 1.807) is 31.2 Å². The van der Waals surface area contributed by atoms with Crippen LogP contribution in [0.2, 0.25) is 0 Å². The van der Waals surface area contributed by atoms with Gasteiger partial charge in [-0.3, -0.25) is 9.59 Å². The molecule has 7 heteroatoms. The number of ketones is 1. The standard InChI is InChI=1S/C23H18FNO5/c1-13-4-5-15(11-18(13)24)21(27)19-20(14-6-8-16(26)9-7-14)25(23(29)22(19)28)12-17-3-2-10-30-17/h2-11,20,26-27H,12H2,1H3. The maximum atomic E-state index is 14.1. The summed E-state index contributed by atoms with van der Waals surface area (Å²) in [6.07, 6.45) is 1.45. The number of phenols is 1. The first-order valence-corrected chi connectivity index (χ1v) is 9.23. The molecule has 1 fully saturated rings. The van der Waals surface area contributed by atoms with Crippen LogP contribution >= 0.6 is 0 Å². The molecule has 2 aromatic carbocycles. The van der Waals surface area contributed by atoms with Gasteiger partial charge in [0.2, 0.25) is 0 Å². The van der Waals surface area contributed by atoms with Gasteiger partial charge in [-0.2, -0.15) is 0 Å². The molecule has 1 saturated heterocycles. The molecular weight excluding hydrogens is 389 g/mol. The number of likely N-dealkylation sites (tertiary alicyclic amines) is 1. The molecule has 0 saturated carbocycles. The third-order valence-electron chi connectivity index (χ3n) is 5.10. The molecule has 1 amide bonds. The number of benzene rings is 2. The first-order chi connectivity index (χ1) is 14.4. The van der Waals surface area contributed by atoms with E-state index in [1.165, 1.54) is 35.4 Å². The Hall–Kier alpha value is -3.87. The minimum absolute atomic E-state index is 0.00214. The third kappa shape index (κ3) is 3.34. The Morgan fingerprint density at radius 3 is 2.50 bits per heavy atom. The van der Waals surface area contributed by atoms with E-state index in [9.17, 15) is 24.2 Å². The van der Waals surface area contributed by atoms with E-state index in [-0.39, 0.29) is 23.4 Å². The van der Waals surface area contributed by atoms with E-state index in [0.717, 1.165) is 6.07 Å². The van der Waals surface area contributed by atoms with Crippen molar-refractivity contribution < 1.29 is 28.6 Å². The number of amides is 1. The number of carbonyl (C=O) groups is 2. The lowest BCUT2D eigenvalue weighted by molar-refractivity contribution is -0.140. The van der Waals surface area contributed by atoms with Gasteiger partial charge in [0, 0.05) is 5.56 Å². The topological polar surface area (TPSA) is 91.0 Å². The van der Waals surface area contributed by atoms with Crippen molar-refractivity contribution in [1.82, 2.24) is 4.90 Å². The first-order valence-electron chi connectivity index (χ1n) is 9.23. The second-order valence-electron chi connectivity index (χ2n) is 7.06. The van der Waals surface area contributed by atoms with E-state index < -0.39 is 29.3 Å². The highest BCUT2D eigenvalue weighted by Gasteiger charge is 2.46. The van der Waals surface area contributed by atoms with Gasteiger partial charge in [-0.1, -0.05) is 24.3 Å². The second kappa shape index (κ2) is 7.51. The van der Waals surface area contributed by atoms with Crippen molar-refractivity contribution in [2.45, 2.75) is 19.5 Å². The van der Waals surface area contributed by atoms with Crippen LogP contribution in [-0.2, 0) is 16.1 Å². The van der Waals surface area contributed by atoms with Crippen LogP contribution in [0.25, 0.3) is 5.76 Å². The molecule has 1 aliphatic heterocycles. The molecule has 3 aromatic rings. The number of aliphatic hydroxyl groups is 1. The number of aliphatic hydroxyl groups excluding tert-OH is 1. The van der Waals surface area contributed by atoms with Crippen molar-refractivity contribution in [3.8, 4) is 5.75 Å². The number of nitrogens with zero attached hydrogens (tertiary/aromatic N) is 1. The van der Waals surface area contributed by atoms with Crippen LogP contribution in [0.3, 0.4) is 0 Å². The molecular formula is C23H18FNO5. The number of aryl methyl sites for hydroxylation is 1. The smallest absolute Gasteiger partial charge is 0.296 e. The third-order valence-corrected chi connectivity index (χ3v) is 5.10. The molecule has 1 unspecified atom stereocenters. The molecule has 1 atom stereocenters. The highest BCUT2D eigenvalue weighted by atomic mass is 19.1. The fourth-order valence-electron chi connectivity index (χ4n) is 3.51. The van der Waals surface area contributed by atoms with E-state index in [0.29, 0.717) is 16.9 Å². The molecule has 4 rings (SSSR count). The van der Waals surface area contributed by atoms with Crippen molar-refractivity contribution in [1.29, 1.82) is 0 Å². The Labute approximate surface area is 171 Å². The van der Waals surface area contributed by atoms with E-state index in [2.05, 4.69) is 0 Å². The quantitative estimate of drug-likeness (QED) is 0.387. The maximum Gasteiger partial charge on any atom is 0.296 e. The van der Waals surface area contributed by atoms with Gasteiger partial charge in [-0.15, -0.1) is 0 Å². The zero-order chi connectivity index (χ0) is 21.4. The van der Waals surface area contributed by atoms with Crippen LogP contribution < -0.4 is 0 Å². The number of Topliss-reactive ketones (excluding diaryl/α,β-unsaturated/α-hetero) is 1. The van der Waals surface area contributed by atoms with Gasteiger partial charge in [0.05, 0.1) is 24.4 Å². The second-order valence-corrected chi connectivity index (χ2v) is 7.06. The number of halogens is 1. The molecule has 2 heterocycles. The lowest BCUT2D eigenvalue weighted by Gasteiger charge is -2.24. The molecule has 0 spiro atoms. The normalized spacial score (nSPS) is 18.2. The summed E-state index contributed by atoms with van der Waals surface area (Å²) in [6, 6.07) is 12.5. The number of furan rings is 1. The molecule has 1 aliphatic rings. The summed E-state index contributed by atoms with van der Waals surface area (Å²) in [5, 5.41) is 20.5. The van der Waals surface area contributed by atoms with E-state index in [1.807, 2.05) is 0 Å². The van der Waals surface area contributed by atoms with Gasteiger partial charge >= 0.3 is 0 Å². The average molecular weight is 407 g/mol. The Balaban J connectivity index is 1.87. The Morgan fingerprint density at radius 2 is 1.87 bits per heavy atom. The number of carbonyl (C=O) groups excluding carboxylic acids is 2. The Morgan fingerprint density at radius 1 is 1.13 bits per heavy atom. The van der Waals surface area contributed by atoms with Gasteiger partial charge in [0.15, 0.2) is 0 Å². The Bertz CT molecular complexity index is 1150. The van der Waals surface area contributed by atoms with Gasteiger partial charge in [0.1, 0.15) is 23.1 Å². The van der Waals surface area contributed by atoms with Crippen molar-refractivity contribution in [3.63, 3.8) is 0 Å². The zero-order valence-corrected chi connectivity index (χ0v) is 16.0. The molecule has 0 aliphatic carbocycles. The van der Waals surface area contributed by atoms with E-state index in [4.69, 9.17) is 4.42 Å². The van der Waals surface area contributed by atoms with Crippen molar-refractivity contribution in [2.75, 3.05) is 0 Å². The fourth-order valence-corrected chi connectivity index (χ4v) is 3.51. The van der Waals surface area contributed by atoms with Gasteiger partial charge in [-0.05, 0) is 48.4 Å². The average Bonchev–Trinajstić information content (AvgIpc) is 3.33. The van der Waals surface area contributed by atoms with Gasteiger partial charge < -0.3 is 19.5 Å². The summed E-state index contributed by atoms with van der Waals surface area (Å²) in [6.45, 7) is 1.58. The summed E-state index contributed by atoms with van der Waals surface area (Å²) in [5.41, 5.74) is 0.839. The summed E-state index contributed by atoms with van der Waals surface area (Å²) in [5.74, 6) is -2.21. The Kier molecular flexibility index (Phi) is 4.87. The van der Waals surface area contributed by atoms with Gasteiger partial charge in [0.25, 0.3) is 11.7 Å². The van der Waals surface area contributed by atoms with Crippen LogP contribution in [0.5, 0.6) is 5.75 Å². The predicted octanol–water partition coefficient (Wildman–Crippen LogP) is 4.05. The minimum Gasteiger partial charge on any atom is -0.508 e. The first kappa shape index (κ1) is 19.4. The predicted molar refractivity (Wildman–Crippen MR) is 106 cm³/mol. The highest BCUT2D eigenvalue weighted by Crippen LogP contribution is 2.40. The zero-order valence-electron chi connectivity index (χ0n) is 16.0. The molecule has 0 radical (unpaired) electrons. The van der Waals surface area contributed by atoms with Crippen LogP contribution in [0.4, 0.5) is 4.39 Å². The molecule has 152 valence electrons. The van der Waals surface area contributed by atoms with Gasteiger partial charge in [-0.25, -0.2) is 4.39 Å². The van der Waals surface area contributed by atoms with Crippen LogP contribution in [0.15, 0.2) is 70.9 Å². The lowest BCUT2D eigenvalue weighted by Crippen LogP contribution is -2.29.